The lowest BCUT2D eigenvalue weighted by Gasteiger charge is -2.24. The van der Waals surface area contributed by atoms with Gasteiger partial charge in [-0.1, -0.05) is 30.3 Å². The number of hydrogen-bond donors (Lipinski definition) is 4. The second-order valence-corrected chi connectivity index (χ2v) is 10.5. The van der Waals surface area contributed by atoms with Gasteiger partial charge in [-0.15, -0.1) is 11.3 Å². The molecular formula is C29H32FN5O4S. The number of likely N-dealkylation sites (tertiary alicyclic amines) is 1. The fourth-order valence-corrected chi connectivity index (χ4v) is 5.37. The van der Waals surface area contributed by atoms with Crippen molar-refractivity contribution in [3.8, 4) is 5.75 Å². The first-order valence-electron chi connectivity index (χ1n) is 13.0. The predicted molar refractivity (Wildman–Crippen MR) is 151 cm³/mol. The number of nitrogens with one attached hydrogen (secondary N) is 3. The highest BCUT2D eigenvalue weighted by atomic mass is 32.1. The lowest BCUT2D eigenvalue weighted by Crippen LogP contribution is -2.48. The van der Waals surface area contributed by atoms with Crippen molar-refractivity contribution in [2.24, 2.45) is 5.73 Å². The van der Waals surface area contributed by atoms with Crippen LogP contribution in [0.1, 0.15) is 41.2 Å². The Kier molecular flexibility index (Phi) is 9.85. The molecule has 0 radical (unpaired) electrons. The maximum absolute atomic E-state index is 13.5. The highest BCUT2D eigenvalue weighted by Crippen LogP contribution is 2.32. The average Bonchev–Trinajstić information content (AvgIpc) is 3.62. The Balaban J connectivity index is 1.32. The van der Waals surface area contributed by atoms with Gasteiger partial charge in [0.05, 0.1) is 19.7 Å². The standard InChI is InChI=1S/C29H32FN5O4S/c30-22-10-8-19(9-11-22)20-14-25(29(38)34-15-24-13-21(18-40-24)28(31)32)35(17-20)27(37)16-33-26(36)7-4-12-39-23-5-2-1-3-6-23/h1-3,5-6,8-11,13,18,20,25H,4,7,12,14-17H2,(H3,31,32)(H,33,36)(H,34,38)/t20-,25-/m0/s1. The summed E-state index contributed by atoms with van der Waals surface area (Å²) in [6, 6.07) is 16.4. The Labute approximate surface area is 236 Å². The number of thiophene rings is 1. The van der Waals surface area contributed by atoms with Crippen LogP contribution in [-0.4, -0.2) is 54.2 Å². The monoisotopic (exact) mass is 565 g/mol. The van der Waals surface area contributed by atoms with Crippen molar-refractivity contribution in [1.82, 2.24) is 15.5 Å². The van der Waals surface area contributed by atoms with E-state index in [1.54, 1.807) is 23.6 Å². The van der Waals surface area contributed by atoms with E-state index in [9.17, 15) is 18.8 Å². The number of carbonyl (C=O) groups is 3. The minimum absolute atomic E-state index is 0.0469. The number of ether oxygens (including phenoxy) is 1. The first-order chi connectivity index (χ1) is 19.3. The topological polar surface area (TPSA) is 138 Å². The SMILES string of the molecule is N=C(N)c1csc(CNC(=O)[C@@H]2C[C@H](c3ccc(F)cc3)CN2C(=O)CNC(=O)CCCOc2ccccc2)c1. The average molecular weight is 566 g/mol. The summed E-state index contributed by atoms with van der Waals surface area (Å²) in [7, 11) is 0. The smallest absolute Gasteiger partial charge is 0.243 e. The largest absolute Gasteiger partial charge is 0.494 e. The first kappa shape index (κ1) is 28.8. The summed E-state index contributed by atoms with van der Waals surface area (Å²) in [5, 5.41) is 14.8. The van der Waals surface area contributed by atoms with E-state index in [1.807, 2.05) is 30.3 Å². The van der Waals surface area contributed by atoms with Crippen LogP contribution in [0.5, 0.6) is 5.75 Å². The summed E-state index contributed by atoms with van der Waals surface area (Å²) >= 11 is 1.38. The summed E-state index contributed by atoms with van der Waals surface area (Å²) in [5.41, 5.74) is 6.94. The van der Waals surface area contributed by atoms with Crippen molar-refractivity contribution in [3.63, 3.8) is 0 Å². The molecule has 40 heavy (non-hydrogen) atoms. The number of halogens is 1. The molecule has 2 aromatic carbocycles. The van der Waals surface area contributed by atoms with Crippen molar-refractivity contribution in [2.45, 2.75) is 37.8 Å². The zero-order valence-electron chi connectivity index (χ0n) is 21.9. The van der Waals surface area contributed by atoms with Gasteiger partial charge in [0.1, 0.15) is 23.4 Å². The van der Waals surface area contributed by atoms with E-state index in [-0.39, 0.29) is 61.3 Å². The van der Waals surface area contributed by atoms with Crippen LogP contribution in [0.25, 0.3) is 0 Å². The molecule has 1 aliphatic heterocycles. The van der Waals surface area contributed by atoms with Crippen LogP contribution in [0.2, 0.25) is 0 Å². The Morgan fingerprint density at radius 1 is 1.10 bits per heavy atom. The summed E-state index contributed by atoms with van der Waals surface area (Å²) < 4.78 is 19.1. The lowest BCUT2D eigenvalue weighted by molar-refractivity contribution is -0.138. The zero-order chi connectivity index (χ0) is 28.5. The fraction of sp³-hybridized carbons (Fsp3) is 0.310. The number of carbonyl (C=O) groups excluding carboxylic acids is 3. The molecule has 0 aliphatic carbocycles. The molecule has 1 saturated heterocycles. The Bertz CT molecular complexity index is 1330. The van der Waals surface area contributed by atoms with Crippen LogP contribution in [0.4, 0.5) is 4.39 Å². The van der Waals surface area contributed by atoms with E-state index in [0.717, 1.165) is 16.2 Å². The highest BCUT2D eigenvalue weighted by Gasteiger charge is 2.40. The van der Waals surface area contributed by atoms with Gasteiger partial charge in [0.15, 0.2) is 0 Å². The second kappa shape index (κ2) is 13.7. The molecule has 4 rings (SSSR count). The van der Waals surface area contributed by atoms with Crippen molar-refractivity contribution < 1.29 is 23.5 Å². The third-order valence-electron chi connectivity index (χ3n) is 6.66. The number of rotatable bonds is 12. The lowest BCUT2D eigenvalue weighted by atomic mass is 9.96. The van der Waals surface area contributed by atoms with Crippen molar-refractivity contribution in [2.75, 3.05) is 19.7 Å². The molecule has 0 spiro atoms. The molecule has 210 valence electrons. The predicted octanol–water partition coefficient (Wildman–Crippen LogP) is 3.15. The highest BCUT2D eigenvalue weighted by molar-refractivity contribution is 7.10. The van der Waals surface area contributed by atoms with Gasteiger partial charge in [0.2, 0.25) is 17.7 Å². The minimum Gasteiger partial charge on any atom is -0.494 e. The van der Waals surface area contributed by atoms with Crippen LogP contribution in [0.15, 0.2) is 66.0 Å². The van der Waals surface area contributed by atoms with Crippen LogP contribution in [-0.2, 0) is 20.9 Å². The van der Waals surface area contributed by atoms with Gasteiger partial charge in [0.25, 0.3) is 0 Å². The van der Waals surface area contributed by atoms with Gasteiger partial charge in [-0.2, -0.15) is 0 Å². The number of amidine groups is 1. The molecule has 3 amide bonds. The summed E-state index contributed by atoms with van der Waals surface area (Å²) in [5.74, 6) is -0.799. The molecule has 0 bridgehead atoms. The Hall–Kier alpha value is -4.25. The van der Waals surface area contributed by atoms with Gasteiger partial charge < -0.3 is 26.0 Å². The van der Waals surface area contributed by atoms with Crippen LogP contribution in [0.3, 0.4) is 0 Å². The molecule has 2 heterocycles. The maximum Gasteiger partial charge on any atom is 0.243 e. The van der Waals surface area contributed by atoms with Crippen molar-refractivity contribution in [3.05, 3.63) is 87.9 Å². The maximum atomic E-state index is 13.5. The summed E-state index contributed by atoms with van der Waals surface area (Å²) in [6.45, 7) is 0.650. The molecule has 1 fully saturated rings. The fourth-order valence-electron chi connectivity index (χ4n) is 4.55. The molecular weight excluding hydrogens is 533 g/mol. The molecule has 11 heteroatoms. The molecule has 1 aliphatic rings. The van der Waals surface area contributed by atoms with Gasteiger partial charge in [-0.25, -0.2) is 4.39 Å². The van der Waals surface area contributed by atoms with Gasteiger partial charge >= 0.3 is 0 Å². The molecule has 1 aromatic heterocycles. The van der Waals surface area contributed by atoms with E-state index in [2.05, 4.69) is 10.6 Å². The number of amides is 3. The van der Waals surface area contributed by atoms with Gasteiger partial charge in [-0.05, 0) is 48.7 Å². The van der Waals surface area contributed by atoms with Crippen LogP contribution in [0, 0.1) is 11.2 Å². The zero-order valence-corrected chi connectivity index (χ0v) is 22.7. The van der Waals surface area contributed by atoms with Crippen LogP contribution >= 0.6 is 11.3 Å². The minimum atomic E-state index is -0.744. The number of nitrogens with zero attached hydrogens (tertiary/aromatic N) is 1. The van der Waals surface area contributed by atoms with E-state index >= 15 is 0 Å². The van der Waals surface area contributed by atoms with Gasteiger partial charge in [-0.3, -0.25) is 19.8 Å². The Morgan fingerprint density at radius 2 is 1.85 bits per heavy atom. The molecule has 3 aromatic rings. The van der Waals surface area contributed by atoms with Crippen LogP contribution < -0.4 is 21.1 Å². The number of para-hydroxylation sites is 1. The van der Waals surface area contributed by atoms with E-state index in [4.69, 9.17) is 15.9 Å². The quantitative estimate of drug-likeness (QED) is 0.152. The number of nitrogen functional groups attached to an aromatic ring is 1. The van der Waals surface area contributed by atoms with E-state index in [1.165, 1.54) is 28.4 Å². The third-order valence-corrected chi connectivity index (χ3v) is 7.60. The molecule has 5 N–H and O–H groups in total. The molecule has 9 nitrogen and oxygen atoms in total. The second-order valence-electron chi connectivity index (χ2n) is 9.52. The van der Waals surface area contributed by atoms with Crippen molar-refractivity contribution in [1.29, 1.82) is 5.41 Å². The van der Waals surface area contributed by atoms with Gasteiger partial charge in [0, 0.05) is 34.7 Å². The molecule has 0 unspecified atom stereocenters. The summed E-state index contributed by atoms with van der Waals surface area (Å²) in [6.07, 6.45) is 1.06. The summed E-state index contributed by atoms with van der Waals surface area (Å²) in [4.78, 5) is 41.0. The number of hydrogen-bond acceptors (Lipinski definition) is 6. The number of nitrogens with two attached hydrogens (primary N) is 1. The first-order valence-corrected chi connectivity index (χ1v) is 13.9. The molecule has 2 atom stereocenters. The Morgan fingerprint density at radius 3 is 2.55 bits per heavy atom. The number of benzene rings is 2. The van der Waals surface area contributed by atoms with E-state index < -0.39 is 6.04 Å². The van der Waals surface area contributed by atoms with Crippen molar-refractivity contribution >= 4 is 34.9 Å². The third kappa shape index (κ3) is 7.89. The normalized spacial score (nSPS) is 16.4. The molecule has 0 saturated carbocycles. The van der Waals surface area contributed by atoms with E-state index in [0.29, 0.717) is 25.0 Å².